The van der Waals surface area contributed by atoms with Gasteiger partial charge in [0.2, 0.25) is 0 Å². The normalized spacial score (nSPS) is 14.8. The first-order chi connectivity index (χ1) is 11.2. The Labute approximate surface area is 138 Å². The molecule has 0 saturated heterocycles. The fourth-order valence-corrected chi connectivity index (χ4v) is 2.78. The second kappa shape index (κ2) is 5.41. The van der Waals surface area contributed by atoms with Gasteiger partial charge in [0.15, 0.2) is 0 Å². The van der Waals surface area contributed by atoms with Crippen molar-refractivity contribution >= 4 is 34.8 Å². The molecule has 4 nitrogen and oxygen atoms in total. The van der Waals surface area contributed by atoms with Crippen molar-refractivity contribution < 1.29 is 4.79 Å². The second-order valence-corrected chi connectivity index (χ2v) is 5.69. The molecule has 3 aromatic rings. The van der Waals surface area contributed by atoms with Gasteiger partial charge in [-0.1, -0.05) is 35.9 Å². The Morgan fingerprint density at radius 1 is 1.13 bits per heavy atom. The topological polar surface area (TPSA) is 46.9 Å². The van der Waals surface area contributed by atoms with Crippen molar-refractivity contribution in [1.82, 2.24) is 9.78 Å². The van der Waals surface area contributed by atoms with E-state index in [9.17, 15) is 4.79 Å². The second-order valence-electron chi connectivity index (χ2n) is 5.26. The molecule has 0 bridgehead atoms. The van der Waals surface area contributed by atoms with Crippen molar-refractivity contribution in [3.63, 3.8) is 0 Å². The van der Waals surface area contributed by atoms with Crippen LogP contribution in [-0.2, 0) is 4.79 Å². The Morgan fingerprint density at radius 3 is 2.78 bits per heavy atom. The standard InChI is InChI=1S/C18H12ClN3O/c19-13-6-7-15-16(18(23)21-17(15)9-13)8-12-10-20-22(11-12)14-4-2-1-3-5-14/h1-11H,(H,21,23)/b16-8+. The minimum Gasteiger partial charge on any atom is -0.321 e. The quantitative estimate of drug-likeness (QED) is 0.725. The molecule has 112 valence electrons. The molecule has 1 N–H and O–H groups in total. The summed E-state index contributed by atoms with van der Waals surface area (Å²) in [7, 11) is 0. The highest BCUT2D eigenvalue weighted by molar-refractivity contribution is 6.36. The van der Waals surface area contributed by atoms with E-state index < -0.39 is 0 Å². The molecule has 5 heteroatoms. The Hall–Kier alpha value is -2.85. The highest BCUT2D eigenvalue weighted by Crippen LogP contribution is 2.34. The van der Waals surface area contributed by atoms with Gasteiger partial charge >= 0.3 is 0 Å². The fourth-order valence-electron chi connectivity index (χ4n) is 2.61. The molecule has 0 saturated carbocycles. The maximum Gasteiger partial charge on any atom is 0.256 e. The largest absolute Gasteiger partial charge is 0.321 e. The number of amides is 1. The van der Waals surface area contributed by atoms with Crippen LogP contribution in [0, 0.1) is 0 Å². The van der Waals surface area contributed by atoms with Crippen molar-refractivity contribution in [1.29, 1.82) is 0 Å². The Kier molecular flexibility index (Phi) is 3.24. The molecule has 1 aliphatic heterocycles. The monoisotopic (exact) mass is 321 g/mol. The van der Waals surface area contributed by atoms with Gasteiger partial charge in [0.05, 0.1) is 17.6 Å². The van der Waals surface area contributed by atoms with Gasteiger partial charge in [-0.3, -0.25) is 4.79 Å². The number of nitrogens with zero attached hydrogens (tertiary/aromatic N) is 2. The number of carbonyl (C=O) groups is 1. The summed E-state index contributed by atoms with van der Waals surface area (Å²) in [6.45, 7) is 0. The molecule has 0 unspecified atom stereocenters. The highest BCUT2D eigenvalue weighted by Gasteiger charge is 2.24. The summed E-state index contributed by atoms with van der Waals surface area (Å²) < 4.78 is 1.78. The molecule has 0 spiro atoms. The number of carbonyl (C=O) groups excluding carboxylic acids is 1. The predicted octanol–water partition coefficient (Wildman–Crippen LogP) is 4.02. The maximum absolute atomic E-state index is 12.2. The van der Waals surface area contributed by atoms with E-state index in [0.29, 0.717) is 10.6 Å². The average Bonchev–Trinajstić information content (AvgIpc) is 3.14. The van der Waals surface area contributed by atoms with Gasteiger partial charge in [-0.25, -0.2) is 4.68 Å². The lowest BCUT2D eigenvalue weighted by Gasteiger charge is -1.99. The summed E-state index contributed by atoms with van der Waals surface area (Å²) in [5.41, 5.74) is 4.04. The molecular weight excluding hydrogens is 310 g/mol. The molecule has 0 radical (unpaired) electrons. The van der Waals surface area contributed by atoms with Gasteiger partial charge in [-0.2, -0.15) is 5.10 Å². The van der Waals surface area contributed by atoms with Crippen molar-refractivity contribution in [3.05, 3.63) is 77.1 Å². The molecule has 2 aromatic carbocycles. The van der Waals surface area contributed by atoms with Gasteiger partial charge in [0.1, 0.15) is 0 Å². The van der Waals surface area contributed by atoms with Crippen LogP contribution < -0.4 is 5.32 Å². The zero-order valence-corrected chi connectivity index (χ0v) is 12.8. The molecule has 1 aromatic heterocycles. The minimum absolute atomic E-state index is 0.130. The summed E-state index contributed by atoms with van der Waals surface area (Å²) in [5.74, 6) is -0.130. The van der Waals surface area contributed by atoms with Crippen molar-refractivity contribution in [2.24, 2.45) is 0 Å². The van der Waals surface area contributed by atoms with Gasteiger partial charge < -0.3 is 5.32 Å². The molecular formula is C18H12ClN3O. The Morgan fingerprint density at radius 2 is 1.96 bits per heavy atom. The summed E-state index contributed by atoms with van der Waals surface area (Å²) in [5, 5.41) is 7.77. The smallest absolute Gasteiger partial charge is 0.256 e. The molecule has 1 amide bonds. The SMILES string of the molecule is O=C1Nc2cc(Cl)ccc2/C1=C\c1cnn(-c2ccccc2)c1. The van der Waals surface area contributed by atoms with E-state index in [1.165, 1.54) is 0 Å². The lowest BCUT2D eigenvalue weighted by molar-refractivity contribution is -0.110. The first-order valence-electron chi connectivity index (χ1n) is 7.14. The minimum atomic E-state index is -0.130. The van der Waals surface area contributed by atoms with E-state index in [2.05, 4.69) is 10.4 Å². The van der Waals surface area contributed by atoms with Crippen LogP contribution in [0.15, 0.2) is 60.9 Å². The lowest BCUT2D eigenvalue weighted by Crippen LogP contribution is -2.03. The van der Waals surface area contributed by atoms with Crippen molar-refractivity contribution in [3.8, 4) is 5.69 Å². The van der Waals surface area contributed by atoms with Crippen LogP contribution in [0.1, 0.15) is 11.1 Å². The van der Waals surface area contributed by atoms with Crippen LogP contribution in [0.2, 0.25) is 5.02 Å². The number of fused-ring (bicyclic) bond motifs is 1. The number of rotatable bonds is 2. The van der Waals surface area contributed by atoms with Gasteiger partial charge in [-0.05, 0) is 30.3 Å². The van der Waals surface area contributed by atoms with Crippen LogP contribution in [0.5, 0.6) is 0 Å². The number of hydrogen-bond donors (Lipinski definition) is 1. The van der Waals surface area contributed by atoms with E-state index in [4.69, 9.17) is 11.6 Å². The summed E-state index contributed by atoms with van der Waals surface area (Å²) in [6, 6.07) is 15.2. The summed E-state index contributed by atoms with van der Waals surface area (Å²) in [4.78, 5) is 12.2. The van der Waals surface area contributed by atoms with E-state index in [1.807, 2.05) is 48.7 Å². The van der Waals surface area contributed by atoms with E-state index >= 15 is 0 Å². The zero-order chi connectivity index (χ0) is 15.8. The zero-order valence-electron chi connectivity index (χ0n) is 12.0. The number of anilines is 1. The third-order valence-electron chi connectivity index (χ3n) is 3.70. The van der Waals surface area contributed by atoms with Crippen LogP contribution >= 0.6 is 11.6 Å². The van der Waals surface area contributed by atoms with Crippen LogP contribution in [-0.4, -0.2) is 15.7 Å². The Bertz CT molecular complexity index is 928. The first kappa shape index (κ1) is 13.8. The first-order valence-corrected chi connectivity index (χ1v) is 7.51. The highest BCUT2D eigenvalue weighted by atomic mass is 35.5. The lowest BCUT2D eigenvalue weighted by atomic mass is 10.1. The van der Waals surface area contributed by atoms with Crippen LogP contribution in [0.25, 0.3) is 17.3 Å². The van der Waals surface area contributed by atoms with E-state index in [0.717, 1.165) is 22.5 Å². The summed E-state index contributed by atoms with van der Waals surface area (Å²) >= 11 is 5.97. The maximum atomic E-state index is 12.2. The van der Waals surface area contributed by atoms with Crippen molar-refractivity contribution in [2.45, 2.75) is 0 Å². The molecule has 1 aliphatic rings. The van der Waals surface area contributed by atoms with E-state index in [-0.39, 0.29) is 5.91 Å². The number of hydrogen-bond acceptors (Lipinski definition) is 2. The van der Waals surface area contributed by atoms with Crippen LogP contribution in [0.4, 0.5) is 5.69 Å². The number of halogens is 1. The average molecular weight is 322 g/mol. The van der Waals surface area contributed by atoms with Gasteiger partial charge in [-0.15, -0.1) is 0 Å². The predicted molar refractivity (Wildman–Crippen MR) is 91.5 cm³/mol. The third-order valence-corrected chi connectivity index (χ3v) is 3.93. The number of benzene rings is 2. The van der Waals surface area contributed by atoms with Crippen LogP contribution in [0.3, 0.4) is 0 Å². The number of nitrogens with one attached hydrogen (secondary N) is 1. The summed E-state index contributed by atoms with van der Waals surface area (Å²) in [6.07, 6.45) is 5.46. The van der Waals surface area contributed by atoms with E-state index in [1.54, 1.807) is 23.0 Å². The molecule has 0 fully saturated rings. The fraction of sp³-hybridized carbons (Fsp3) is 0. The molecule has 2 heterocycles. The number of aromatic nitrogens is 2. The molecule has 23 heavy (non-hydrogen) atoms. The van der Waals surface area contributed by atoms with Gasteiger partial charge in [0.25, 0.3) is 5.91 Å². The van der Waals surface area contributed by atoms with Crippen molar-refractivity contribution in [2.75, 3.05) is 5.32 Å². The van der Waals surface area contributed by atoms with Gasteiger partial charge in [0, 0.05) is 27.9 Å². The number of para-hydroxylation sites is 1. The Balaban J connectivity index is 1.72. The molecule has 0 atom stereocenters. The molecule has 4 rings (SSSR count). The third kappa shape index (κ3) is 2.53. The molecule has 0 aliphatic carbocycles.